The molecule has 1 heterocycles. The van der Waals surface area contributed by atoms with E-state index < -0.39 is 5.97 Å². The lowest BCUT2D eigenvalue weighted by atomic mass is 10.1. The topological polar surface area (TPSA) is 97.2 Å². The first-order valence-electron chi connectivity index (χ1n) is 9.99. The number of carbonyl (C=O) groups is 2. The fraction of sp³-hybridized carbons (Fsp3) is 0.0800. The molecule has 7 nitrogen and oxygen atoms in total. The standard InChI is InChI=1S/C25H20N2O5S/c1-31-21-13-16(10-11-20(21)32-15-17-6-5-7-18(12-17)24(29)30)14-22-23(28)27-25(33-22)26-19-8-3-2-4-9-19/h2-14H,15H2,1H3,(H,29,30)(H,26,27,28)/b22-14+. The minimum Gasteiger partial charge on any atom is -0.493 e. The van der Waals surface area contributed by atoms with Gasteiger partial charge in [0, 0.05) is 0 Å². The summed E-state index contributed by atoms with van der Waals surface area (Å²) in [6.07, 6.45) is 1.76. The number of carboxylic acids is 1. The number of methoxy groups -OCH3 is 1. The quantitative estimate of drug-likeness (QED) is 0.489. The first kappa shape index (κ1) is 22.2. The Morgan fingerprint density at radius 2 is 1.88 bits per heavy atom. The number of carboxylic acid groups (broad SMARTS) is 1. The highest BCUT2D eigenvalue weighted by atomic mass is 32.2. The third-order valence-corrected chi connectivity index (χ3v) is 5.60. The van der Waals surface area contributed by atoms with Crippen molar-refractivity contribution in [2.75, 3.05) is 7.11 Å². The summed E-state index contributed by atoms with van der Waals surface area (Å²) in [5.74, 6) is -0.194. The van der Waals surface area contributed by atoms with E-state index in [0.717, 1.165) is 16.8 Å². The number of hydrogen-bond donors (Lipinski definition) is 2. The van der Waals surface area contributed by atoms with E-state index in [-0.39, 0.29) is 18.1 Å². The summed E-state index contributed by atoms with van der Waals surface area (Å²) in [6, 6.07) is 21.3. The van der Waals surface area contributed by atoms with Crippen molar-refractivity contribution in [3.63, 3.8) is 0 Å². The van der Waals surface area contributed by atoms with Crippen molar-refractivity contribution in [1.82, 2.24) is 5.32 Å². The highest BCUT2D eigenvalue weighted by Gasteiger charge is 2.24. The van der Waals surface area contributed by atoms with E-state index in [9.17, 15) is 9.59 Å². The molecule has 3 aromatic carbocycles. The molecule has 0 radical (unpaired) electrons. The summed E-state index contributed by atoms with van der Waals surface area (Å²) in [7, 11) is 1.53. The zero-order chi connectivity index (χ0) is 23.2. The summed E-state index contributed by atoms with van der Waals surface area (Å²) in [5.41, 5.74) is 2.46. The Morgan fingerprint density at radius 1 is 1.06 bits per heavy atom. The number of amidine groups is 1. The van der Waals surface area contributed by atoms with Crippen molar-refractivity contribution in [3.8, 4) is 11.5 Å². The van der Waals surface area contributed by atoms with Gasteiger partial charge in [0.1, 0.15) is 6.61 Å². The number of thioether (sulfide) groups is 1. The minimum absolute atomic E-state index is 0.190. The number of nitrogens with zero attached hydrogens (tertiary/aromatic N) is 1. The third-order valence-electron chi connectivity index (χ3n) is 4.69. The second-order valence-corrected chi connectivity index (χ2v) is 8.05. The van der Waals surface area contributed by atoms with Crippen molar-refractivity contribution in [2.24, 2.45) is 4.99 Å². The predicted octanol–water partition coefficient (Wildman–Crippen LogP) is 4.86. The van der Waals surface area contributed by atoms with Crippen molar-refractivity contribution in [1.29, 1.82) is 0 Å². The Bertz CT molecular complexity index is 1250. The summed E-state index contributed by atoms with van der Waals surface area (Å²) in [5, 5.41) is 12.4. The van der Waals surface area contributed by atoms with Crippen molar-refractivity contribution in [2.45, 2.75) is 6.61 Å². The number of benzene rings is 3. The van der Waals surface area contributed by atoms with Gasteiger partial charge in [0.2, 0.25) is 0 Å². The Morgan fingerprint density at radius 3 is 2.64 bits per heavy atom. The average molecular weight is 461 g/mol. The molecule has 0 saturated carbocycles. The zero-order valence-electron chi connectivity index (χ0n) is 17.6. The van der Waals surface area contributed by atoms with Gasteiger partial charge in [-0.3, -0.25) is 4.79 Å². The number of ether oxygens (including phenoxy) is 2. The van der Waals surface area contributed by atoms with Crippen LogP contribution in [0.2, 0.25) is 0 Å². The van der Waals surface area contributed by atoms with Crippen LogP contribution in [0.5, 0.6) is 11.5 Å². The number of carbonyl (C=O) groups excluding carboxylic acids is 1. The monoisotopic (exact) mass is 460 g/mol. The summed E-state index contributed by atoms with van der Waals surface area (Å²) in [6.45, 7) is 0.190. The third kappa shape index (κ3) is 5.61. The summed E-state index contributed by atoms with van der Waals surface area (Å²) in [4.78, 5) is 28.5. The van der Waals surface area contributed by atoms with Crippen molar-refractivity contribution in [3.05, 3.63) is 94.4 Å². The SMILES string of the molecule is COc1cc(/C=C2/SC(=Nc3ccccc3)NC2=O)ccc1OCc1cccc(C(=O)O)c1. The molecule has 0 spiro atoms. The zero-order valence-corrected chi connectivity index (χ0v) is 18.5. The van der Waals surface area contributed by atoms with Crippen LogP contribution in [0.1, 0.15) is 21.5 Å². The lowest BCUT2D eigenvalue weighted by molar-refractivity contribution is -0.115. The van der Waals surface area contributed by atoms with Gasteiger partial charge in [-0.25, -0.2) is 9.79 Å². The van der Waals surface area contributed by atoms with Crippen molar-refractivity contribution < 1.29 is 24.2 Å². The molecule has 3 aromatic rings. The van der Waals surface area contributed by atoms with E-state index >= 15 is 0 Å². The molecular formula is C25H20N2O5S. The number of amides is 1. The van der Waals surface area contributed by atoms with E-state index in [1.54, 1.807) is 36.4 Å². The molecule has 1 amide bonds. The van der Waals surface area contributed by atoms with Gasteiger partial charge in [0.05, 0.1) is 23.3 Å². The molecule has 1 aliphatic rings. The molecule has 0 aromatic heterocycles. The van der Waals surface area contributed by atoms with Gasteiger partial charge < -0.3 is 19.9 Å². The smallest absolute Gasteiger partial charge is 0.335 e. The first-order chi connectivity index (χ1) is 16.0. The Balaban J connectivity index is 1.48. The van der Waals surface area contributed by atoms with Gasteiger partial charge >= 0.3 is 5.97 Å². The first-order valence-corrected chi connectivity index (χ1v) is 10.8. The molecule has 0 aliphatic carbocycles. The fourth-order valence-corrected chi connectivity index (χ4v) is 3.94. The summed E-state index contributed by atoms with van der Waals surface area (Å²) < 4.78 is 11.3. The largest absolute Gasteiger partial charge is 0.493 e. The van der Waals surface area contributed by atoms with Gasteiger partial charge in [-0.05, 0) is 65.4 Å². The maximum atomic E-state index is 12.4. The Kier molecular flexibility index (Phi) is 6.75. The minimum atomic E-state index is -0.988. The van der Waals surface area contributed by atoms with E-state index in [0.29, 0.717) is 21.6 Å². The lowest BCUT2D eigenvalue weighted by Gasteiger charge is -2.12. The number of rotatable bonds is 7. The lowest BCUT2D eigenvalue weighted by Crippen LogP contribution is -2.19. The van der Waals surface area contributed by atoms with E-state index in [2.05, 4.69) is 10.3 Å². The average Bonchev–Trinajstić information content (AvgIpc) is 3.17. The van der Waals surface area contributed by atoms with Gasteiger partial charge in [-0.15, -0.1) is 0 Å². The molecule has 2 N–H and O–H groups in total. The van der Waals surface area contributed by atoms with Crippen LogP contribution >= 0.6 is 11.8 Å². The summed E-state index contributed by atoms with van der Waals surface area (Å²) >= 11 is 1.27. The molecule has 166 valence electrons. The van der Waals surface area contributed by atoms with Gasteiger partial charge in [0.15, 0.2) is 16.7 Å². The highest BCUT2D eigenvalue weighted by molar-refractivity contribution is 8.18. The maximum Gasteiger partial charge on any atom is 0.335 e. The molecule has 33 heavy (non-hydrogen) atoms. The molecule has 1 aliphatic heterocycles. The van der Waals surface area contributed by atoms with Gasteiger partial charge in [0.25, 0.3) is 5.91 Å². The van der Waals surface area contributed by atoms with Crippen LogP contribution in [0.3, 0.4) is 0 Å². The van der Waals surface area contributed by atoms with Crippen LogP contribution in [-0.4, -0.2) is 29.3 Å². The Labute approximate surface area is 194 Å². The van der Waals surface area contributed by atoms with E-state index in [4.69, 9.17) is 14.6 Å². The van der Waals surface area contributed by atoms with Crippen LogP contribution in [0.4, 0.5) is 5.69 Å². The normalized spacial score (nSPS) is 15.5. The molecule has 1 fully saturated rings. The Hall–Kier alpha value is -4.04. The predicted molar refractivity (Wildman–Crippen MR) is 128 cm³/mol. The molecule has 8 heteroatoms. The van der Waals surface area contributed by atoms with Gasteiger partial charge in [-0.2, -0.15) is 0 Å². The number of hydrogen-bond acceptors (Lipinski definition) is 6. The molecule has 0 unspecified atom stereocenters. The van der Waals surface area contributed by atoms with E-state index in [1.165, 1.54) is 24.9 Å². The van der Waals surface area contributed by atoms with Crippen LogP contribution in [-0.2, 0) is 11.4 Å². The second kappa shape index (κ2) is 10.1. The molecule has 0 bridgehead atoms. The van der Waals surface area contributed by atoms with Crippen LogP contribution in [0.15, 0.2) is 82.7 Å². The van der Waals surface area contributed by atoms with Crippen LogP contribution in [0, 0.1) is 0 Å². The number of aromatic carboxylic acids is 1. The number of para-hydroxylation sites is 1. The molecule has 0 atom stereocenters. The fourth-order valence-electron chi connectivity index (χ4n) is 3.10. The number of aliphatic imine (C=N–C) groups is 1. The van der Waals surface area contributed by atoms with E-state index in [1.807, 2.05) is 36.4 Å². The van der Waals surface area contributed by atoms with Crippen LogP contribution < -0.4 is 14.8 Å². The highest BCUT2D eigenvalue weighted by Crippen LogP contribution is 2.32. The van der Waals surface area contributed by atoms with Gasteiger partial charge in [-0.1, -0.05) is 36.4 Å². The van der Waals surface area contributed by atoms with Crippen molar-refractivity contribution >= 4 is 40.6 Å². The second-order valence-electron chi connectivity index (χ2n) is 7.02. The van der Waals surface area contributed by atoms with Crippen LogP contribution in [0.25, 0.3) is 6.08 Å². The maximum absolute atomic E-state index is 12.4. The number of nitrogens with one attached hydrogen (secondary N) is 1. The molecular weight excluding hydrogens is 440 g/mol. The molecule has 4 rings (SSSR count). The molecule has 1 saturated heterocycles.